The number of aromatic nitrogens is 3. The third-order valence-corrected chi connectivity index (χ3v) is 5.88. The predicted molar refractivity (Wildman–Crippen MR) is 117 cm³/mol. The number of para-hydroxylation sites is 2. The molecule has 0 atom stereocenters. The normalized spacial score (nSPS) is 12.3. The quantitative estimate of drug-likeness (QED) is 0.312. The van der Waals surface area contributed by atoms with Gasteiger partial charge in [0.25, 0.3) is 0 Å². The van der Waals surface area contributed by atoms with Crippen LogP contribution in [-0.2, 0) is 0 Å². The van der Waals surface area contributed by atoms with Gasteiger partial charge in [-0.3, -0.25) is 4.40 Å². The van der Waals surface area contributed by atoms with Crippen LogP contribution >= 0.6 is 0 Å². The van der Waals surface area contributed by atoms with Gasteiger partial charge in [0.15, 0.2) is 0 Å². The second-order valence-electron chi connectivity index (χ2n) is 7.39. The zero-order valence-electron chi connectivity index (χ0n) is 15.0. The lowest BCUT2D eigenvalue weighted by molar-refractivity contribution is 1.31. The summed E-state index contributed by atoms with van der Waals surface area (Å²) in [5.41, 5.74) is 6.67. The summed E-state index contributed by atoms with van der Waals surface area (Å²) in [4.78, 5) is 8.65. The number of hydrogen-bond donors (Lipinski definition) is 1. The van der Waals surface area contributed by atoms with E-state index in [0.717, 1.165) is 27.7 Å². The van der Waals surface area contributed by atoms with Gasteiger partial charge in [0.1, 0.15) is 5.65 Å². The monoisotopic (exact) mass is 357 g/mol. The van der Waals surface area contributed by atoms with Crippen LogP contribution in [0.3, 0.4) is 0 Å². The van der Waals surface area contributed by atoms with Gasteiger partial charge in [0, 0.05) is 32.6 Å². The molecule has 0 radical (unpaired) electrons. The molecule has 3 heteroatoms. The van der Waals surface area contributed by atoms with Crippen LogP contribution in [-0.4, -0.2) is 14.4 Å². The third-order valence-electron chi connectivity index (χ3n) is 5.88. The molecule has 0 spiro atoms. The highest BCUT2D eigenvalue weighted by Gasteiger charge is 2.15. The van der Waals surface area contributed by atoms with Gasteiger partial charge >= 0.3 is 0 Å². The smallest absolute Gasteiger partial charge is 0.146 e. The van der Waals surface area contributed by atoms with Gasteiger partial charge in [-0.25, -0.2) is 4.98 Å². The van der Waals surface area contributed by atoms with Crippen molar-refractivity contribution in [2.24, 2.45) is 0 Å². The molecule has 28 heavy (non-hydrogen) atoms. The molecule has 0 fully saturated rings. The molecule has 130 valence electrons. The third kappa shape index (κ3) is 1.66. The van der Waals surface area contributed by atoms with Crippen molar-refractivity contribution in [2.75, 3.05) is 0 Å². The molecule has 0 aliphatic carbocycles. The Bertz CT molecular complexity index is 1720. The number of fused-ring (bicyclic) bond motifs is 11. The molecular weight excluding hydrogens is 342 g/mol. The molecule has 0 unspecified atom stereocenters. The molecule has 0 saturated heterocycles. The van der Waals surface area contributed by atoms with E-state index >= 15 is 0 Å². The average molecular weight is 357 g/mol. The van der Waals surface area contributed by atoms with Crippen LogP contribution < -0.4 is 0 Å². The van der Waals surface area contributed by atoms with Gasteiger partial charge in [-0.15, -0.1) is 0 Å². The van der Waals surface area contributed by atoms with E-state index in [1.807, 2.05) is 0 Å². The van der Waals surface area contributed by atoms with Crippen molar-refractivity contribution >= 4 is 60.2 Å². The minimum Gasteiger partial charge on any atom is -0.354 e. The number of pyridine rings is 1. The zero-order valence-corrected chi connectivity index (χ0v) is 15.0. The van der Waals surface area contributed by atoms with Crippen LogP contribution in [0.15, 0.2) is 84.9 Å². The van der Waals surface area contributed by atoms with Crippen LogP contribution in [0, 0.1) is 0 Å². The van der Waals surface area contributed by atoms with Gasteiger partial charge in [-0.2, -0.15) is 0 Å². The molecule has 0 aliphatic heterocycles. The molecule has 0 saturated carbocycles. The predicted octanol–water partition coefficient (Wildman–Crippen LogP) is 6.43. The van der Waals surface area contributed by atoms with Crippen LogP contribution in [0.1, 0.15) is 0 Å². The van der Waals surface area contributed by atoms with E-state index in [4.69, 9.17) is 4.98 Å². The fourth-order valence-electron chi connectivity index (χ4n) is 4.66. The van der Waals surface area contributed by atoms with E-state index in [1.54, 1.807) is 0 Å². The van der Waals surface area contributed by atoms with Crippen LogP contribution in [0.5, 0.6) is 0 Å². The maximum absolute atomic E-state index is 5.08. The number of aromatic amines is 1. The molecule has 0 amide bonds. The first kappa shape index (κ1) is 14.2. The zero-order chi connectivity index (χ0) is 18.2. The summed E-state index contributed by atoms with van der Waals surface area (Å²) in [7, 11) is 0. The van der Waals surface area contributed by atoms with E-state index in [1.165, 1.54) is 32.4 Å². The molecule has 0 aliphatic rings. The fourth-order valence-corrected chi connectivity index (χ4v) is 4.66. The molecule has 3 aromatic heterocycles. The standard InChI is InChI=1S/C25H15N3/c1-2-10-18-15(7-1)17-9-4-6-12-23(17)28-24-14-21-19(13-22(24)27-25(18)28)16-8-3-5-11-20(16)26-21/h1-14,26H. The number of nitrogens with one attached hydrogen (secondary N) is 1. The summed E-state index contributed by atoms with van der Waals surface area (Å²) in [6, 6.07) is 30.1. The largest absolute Gasteiger partial charge is 0.354 e. The van der Waals surface area contributed by atoms with Crippen molar-refractivity contribution in [3.05, 3.63) is 84.9 Å². The first-order valence-electron chi connectivity index (χ1n) is 9.50. The van der Waals surface area contributed by atoms with Crippen LogP contribution in [0.25, 0.3) is 60.2 Å². The molecule has 0 bridgehead atoms. The number of imidazole rings is 1. The van der Waals surface area contributed by atoms with Crippen molar-refractivity contribution in [3.8, 4) is 0 Å². The van der Waals surface area contributed by atoms with Crippen LogP contribution in [0.4, 0.5) is 0 Å². The molecule has 7 rings (SSSR count). The summed E-state index contributed by atoms with van der Waals surface area (Å²) in [6.45, 7) is 0. The van der Waals surface area contributed by atoms with Crippen molar-refractivity contribution in [3.63, 3.8) is 0 Å². The Labute approximate surface area is 159 Å². The lowest BCUT2D eigenvalue weighted by Crippen LogP contribution is -1.91. The van der Waals surface area contributed by atoms with Crippen molar-refractivity contribution < 1.29 is 0 Å². The molecule has 4 aromatic carbocycles. The molecule has 7 aromatic rings. The van der Waals surface area contributed by atoms with Gasteiger partial charge < -0.3 is 4.98 Å². The minimum absolute atomic E-state index is 1.02. The number of nitrogens with zero attached hydrogens (tertiary/aromatic N) is 2. The Kier molecular flexibility index (Phi) is 2.49. The highest BCUT2D eigenvalue weighted by molar-refractivity contribution is 6.16. The summed E-state index contributed by atoms with van der Waals surface area (Å²) in [5.74, 6) is 0. The van der Waals surface area contributed by atoms with E-state index in [-0.39, 0.29) is 0 Å². The maximum atomic E-state index is 5.08. The van der Waals surface area contributed by atoms with Crippen molar-refractivity contribution in [1.82, 2.24) is 14.4 Å². The van der Waals surface area contributed by atoms with Gasteiger partial charge in [-0.05, 0) is 29.7 Å². The van der Waals surface area contributed by atoms with E-state index in [2.05, 4.69) is 94.3 Å². The Morgan fingerprint density at radius 1 is 0.571 bits per heavy atom. The number of H-pyrrole nitrogens is 1. The maximum Gasteiger partial charge on any atom is 0.146 e. The minimum atomic E-state index is 1.02. The summed E-state index contributed by atoms with van der Waals surface area (Å²) >= 11 is 0. The number of hydrogen-bond acceptors (Lipinski definition) is 1. The number of rotatable bonds is 0. The van der Waals surface area contributed by atoms with Gasteiger partial charge in [-0.1, -0.05) is 60.7 Å². The summed E-state index contributed by atoms with van der Waals surface area (Å²) < 4.78 is 2.30. The topological polar surface area (TPSA) is 33.1 Å². The average Bonchev–Trinajstić information content (AvgIpc) is 3.30. The summed E-state index contributed by atoms with van der Waals surface area (Å²) in [5, 5.41) is 6.15. The lowest BCUT2D eigenvalue weighted by atomic mass is 10.1. The lowest BCUT2D eigenvalue weighted by Gasteiger charge is -2.08. The highest BCUT2D eigenvalue weighted by Crippen LogP contribution is 2.35. The van der Waals surface area contributed by atoms with E-state index in [9.17, 15) is 0 Å². The molecule has 1 N–H and O–H groups in total. The van der Waals surface area contributed by atoms with E-state index in [0.29, 0.717) is 0 Å². The second-order valence-corrected chi connectivity index (χ2v) is 7.39. The summed E-state index contributed by atoms with van der Waals surface area (Å²) in [6.07, 6.45) is 0. The molecule has 3 nitrogen and oxygen atoms in total. The number of benzene rings is 4. The Balaban J connectivity index is 1.79. The fraction of sp³-hybridized carbons (Fsp3) is 0. The SMILES string of the molecule is c1ccc2c(c1)[nH]c1cc3c(cc12)nc1c2ccccc2c2ccccc2n31. The van der Waals surface area contributed by atoms with Gasteiger partial charge in [0.2, 0.25) is 0 Å². The van der Waals surface area contributed by atoms with E-state index < -0.39 is 0 Å². The first-order chi connectivity index (χ1) is 13.9. The van der Waals surface area contributed by atoms with Crippen molar-refractivity contribution in [1.29, 1.82) is 0 Å². The Hall–Kier alpha value is -3.85. The van der Waals surface area contributed by atoms with Crippen molar-refractivity contribution in [2.45, 2.75) is 0 Å². The molecule has 3 heterocycles. The van der Waals surface area contributed by atoms with Crippen LogP contribution in [0.2, 0.25) is 0 Å². The Morgan fingerprint density at radius 3 is 2.18 bits per heavy atom. The highest BCUT2D eigenvalue weighted by atomic mass is 15.0. The second kappa shape index (κ2) is 4.90. The first-order valence-corrected chi connectivity index (χ1v) is 9.50. The van der Waals surface area contributed by atoms with Gasteiger partial charge in [0.05, 0.1) is 16.6 Å². The molecular formula is C25H15N3. The Morgan fingerprint density at radius 2 is 1.29 bits per heavy atom.